The van der Waals surface area contributed by atoms with Crippen LogP contribution in [-0.4, -0.2) is 30.6 Å². The fourth-order valence-corrected chi connectivity index (χ4v) is 2.38. The van der Waals surface area contributed by atoms with Crippen molar-refractivity contribution in [2.24, 2.45) is 5.92 Å². The Kier molecular flexibility index (Phi) is 5.21. The molecule has 0 amide bonds. The maximum atomic E-state index is 3.55. The number of rotatable bonds is 8. The smallest absolute Gasteiger partial charge is 0.0206 e. The van der Waals surface area contributed by atoms with E-state index in [0.29, 0.717) is 0 Å². The van der Waals surface area contributed by atoms with Gasteiger partial charge in [-0.05, 0) is 24.3 Å². The average Bonchev–Trinajstić information content (AvgIpc) is 3.18. The lowest BCUT2D eigenvalue weighted by atomic mass is 10.2. The summed E-state index contributed by atoms with van der Waals surface area (Å²) < 4.78 is 0. The Labute approximate surface area is 111 Å². The number of hydrogen-bond acceptors (Lipinski definition) is 2. The molecule has 0 aliphatic heterocycles. The van der Waals surface area contributed by atoms with Crippen LogP contribution in [0.1, 0.15) is 32.3 Å². The van der Waals surface area contributed by atoms with Crippen LogP contribution in [0, 0.1) is 5.92 Å². The highest BCUT2D eigenvalue weighted by Crippen LogP contribution is 2.26. The van der Waals surface area contributed by atoms with Crippen LogP contribution in [0.3, 0.4) is 0 Å². The Bertz CT molecular complexity index is 330. The summed E-state index contributed by atoms with van der Waals surface area (Å²) in [6, 6.07) is 11.5. The van der Waals surface area contributed by atoms with E-state index in [0.717, 1.165) is 25.0 Å². The second-order valence-corrected chi connectivity index (χ2v) is 5.78. The Morgan fingerprint density at radius 2 is 1.94 bits per heavy atom. The van der Waals surface area contributed by atoms with E-state index < -0.39 is 0 Å². The molecule has 2 nitrogen and oxygen atoms in total. The fourth-order valence-electron chi connectivity index (χ4n) is 2.38. The van der Waals surface area contributed by atoms with Gasteiger partial charge in [0.1, 0.15) is 0 Å². The lowest BCUT2D eigenvalue weighted by Crippen LogP contribution is -2.36. The molecule has 0 saturated heterocycles. The molecule has 1 aromatic carbocycles. The van der Waals surface area contributed by atoms with Gasteiger partial charge < -0.3 is 5.32 Å². The number of hydrogen-bond donors (Lipinski definition) is 1. The lowest BCUT2D eigenvalue weighted by molar-refractivity contribution is 0.234. The highest BCUT2D eigenvalue weighted by Gasteiger charge is 2.28. The maximum absolute atomic E-state index is 3.55. The van der Waals surface area contributed by atoms with Crippen molar-refractivity contribution in [1.29, 1.82) is 0 Å². The van der Waals surface area contributed by atoms with E-state index in [-0.39, 0.29) is 0 Å². The quantitative estimate of drug-likeness (QED) is 0.710. The zero-order valence-electron chi connectivity index (χ0n) is 11.7. The van der Waals surface area contributed by atoms with Crippen LogP contribution < -0.4 is 5.32 Å². The molecule has 1 aliphatic rings. The summed E-state index contributed by atoms with van der Waals surface area (Å²) in [5, 5.41) is 3.55. The molecule has 0 radical (unpaired) electrons. The molecule has 0 aromatic heterocycles. The van der Waals surface area contributed by atoms with Crippen LogP contribution in [0.25, 0.3) is 0 Å². The Balaban J connectivity index is 1.64. The molecule has 0 bridgehead atoms. The summed E-state index contributed by atoms with van der Waals surface area (Å²) in [5.41, 5.74) is 1.37. The summed E-state index contributed by atoms with van der Waals surface area (Å²) >= 11 is 0. The Morgan fingerprint density at radius 1 is 1.22 bits per heavy atom. The van der Waals surface area contributed by atoms with Gasteiger partial charge in [-0.2, -0.15) is 0 Å². The molecular weight excluding hydrogens is 220 g/mol. The van der Waals surface area contributed by atoms with Crippen LogP contribution in [0.15, 0.2) is 30.3 Å². The van der Waals surface area contributed by atoms with Crippen molar-refractivity contribution in [2.45, 2.75) is 39.3 Å². The van der Waals surface area contributed by atoms with Crippen LogP contribution in [-0.2, 0) is 6.54 Å². The van der Waals surface area contributed by atoms with Crippen molar-refractivity contribution in [1.82, 2.24) is 10.2 Å². The number of nitrogens with one attached hydrogen (secondary N) is 1. The first-order valence-electron chi connectivity index (χ1n) is 7.24. The van der Waals surface area contributed by atoms with Gasteiger partial charge in [-0.3, -0.25) is 4.90 Å². The molecule has 1 aliphatic carbocycles. The van der Waals surface area contributed by atoms with E-state index in [9.17, 15) is 0 Å². The van der Waals surface area contributed by atoms with Crippen molar-refractivity contribution in [3.8, 4) is 0 Å². The Hall–Kier alpha value is -0.860. The Morgan fingerprint density at radius 3 is 2.56 bits per heavy atom. The molecule has 100 valence electrons. The standard InChI is InChI=1S/C16H26N2/c1-14(2)13-18(16-8-9-16)11-10-17-12-15-6-4-3-5-7-15/h3-7,14,16-17H,8-13H2,1-2H3. The summed E-state index contributed by atoms with van der Waals surface area (Å²) in [4.78, 5) is 2.66. The van der Waals surface area contributed by atoms with Gasteiger partial charge in [0.25, 0.3) is 0 Å². The molecule has 0 unspecified atom stereocenters. The van der Waals surface area contributed by atoms with Gasteiger partial charge in [-0.1, -0.05) is 44.2 Å². The monoisotopic (exact) mass is 246 g/mol. The third kappa shape index (κ3) is 4.79. The second-order valence-electron chi connectivity index (χ2n) is 5.78. The SMILES string of the molecule is CC(C)CN(CCNCc1ccccc1)C1CC1. The summed E-state index contributed by atoms with van der Waals surface area (Å²) in [5.74, 6) is 0.778. The van der Waals surface area contributed by atoms with Crippen molar-refractivity contribution < 1.29 is 0 Å². The largest absolute Gasteiger partial charge is 0.311 e. The van der Waals surface area contributed by atoms with Crippen LogP contribution >= 0.6 is 0 Å². The van der Waals surface area contributed by atoms with E-state index in [1.54, 1.807) is 0 Å². The van der Waals surface area contributed by atoms with E-state index in [2.05, 4.69) is 54.4 Å². The third-order valence-corrected chi connectivity index (χ3v) is 3.41. The molecule has 1 fully saturated rings. The average molecular weight is 246 g/mol. The van der Waals surface area contributed by atoms with E-state index in [1.165, 1.54) is 31.5 Å². The van der Waals surface area contributed by atoms with E-state index in [4.69, 9.17) is 0 Å². The fraction of sp³-hybridized carbons (Fsp3) is 0.625. The number of nitrogens with zero attached hydrogens (tertiary/aromatic N) is 1. The van der Waals surface area contributed by atoms with Crippen molar-refractivity contribution in [3.05, 3.63) is 35.9 Å². The first kappa shape index (κ1) is 13.6. The van der Waals surface area contributed by atoms with Gasteiger partial charge in [-0.25, -0.2) is 0 Å². The molecule has 18 heavy (non-hydrogen) atoms. The molecule has 0 heterocycles. The zero-order chi connectivity index (χ0) is 12.8. The lowest BCUT2D eigenvalue weighted by Gasteiger charge is -2.24. The molecule has 1 N–H and O–H groups in total. The minimum Gasteiger partial charge on any atom is -0.311 e. The molecular formula is C16H26N2. The summed E-state index contributed by atoms with van der Waals surface area (Å²) in [6.45, 7) is 9.14. The predicted molar refractivity (Wildman–Crippen MR) is 77.6 cm³/mol. The van der Waals surface area contributed by atoms with Gasteiger partial charge >= 0.3 is 0 Å². The summed E-state index contributed by atoms with van der Waals surface area (Å²) in [7, 11) is 0. The molecule has 1 aromatic rings. The zero-order valence-corrected chi connectivity index (χ0v) is 11.7. The van der Waals surface area contributed by atoms with Crippen molar-refractivity contribution in [3.63, 3.8) is 0 Å². The molecule has 0 spiro atoms. The molecule has 0 atom stereocenters. The first-order chi connectivity index (χ1) is 8.75. The van der Waals surface area contributed by atoms with Crippen LogP contribution in [0.4, 0.5) is 0 Å². The van der Waals surface area contributed by atoms with Gasteiger partial charge in [0.2, 0.25) is 0 Å². The molecule has 2 rings (SSSR count). The molecule has 2 heteroatoms. The number of benzene rings is 1. The van der Waals surface area contributed by atoms with Gasteiger partial charge in [-0.15, -0.1) is 0 Å². The van der Waals surface area contributed by atoms with E-state index in [1.807, 2.05) is 0 Å². The van der Waals surface area contributed by atoms with Gasteiger partial charge in [0.05, 0.1) is 0 Å². The van der Waals surface area contributed by atoms with Gasteiger partial charge in [0, 0.05) is 32.2 Å². The predicted octanol–water partition coefficient (Wildman–Crippen LogP) is 2.90. The van der Waals surface area contributed by atoms with Crippen molar-refractivity contribution in [2.75, 3.05) is 19.6 Å². The first-order valence-corrected chi connectivity index (χ1v) is 7.24. The summed E-state index contributed by atoms with van der Waals surface area (Å²) in [6.07, 6.45) is 2.82. The minimum atomic E-state index is 0.778. The van der Waals surface area contributed by atoms with Crippen LogP contribution in [0.5, 0.6) is 0 Å². The highest BCUT2D eigenvalue weighted by atomic mass is 15.2. The van der Waals surface area contributed by atoms with Crippen LogP contribution in [0.2, 0.25) is 0 Å². The van der Waals surface area contributed by atoms with Crippen molar-refractivity contribution >= 4 is 0 Å². The minimum absolute atomic E-state index is 0.778. The topological polar surface area (TPSA) is 15.3 Å². The van der Waals surface area contributed by atoms with Gasteiger partial charge in [0.15, 0.2) is 0 Å². The molecule has 1 saturated carbocycles. The normalized spacial score (nSPS) is 15.6. The third-order valence-electron chi connectivity index (χ3n) is 3.41. The highest BCUT2D eigenvalue weighted by molar-refractivity contribution is 5.14. The van der Waals surface area contributed by atoms with E-state index >= 15 is 0 Å². The maximum Gasteiger partial charge on any atom is 0.0206 e. The second kappa shape index (κ2) is 6.91.